The summed E-state index contributed by atoms with van der Waals surface area (Å²) in [4.78, 5) is 10.7. The summed E-state index contributed by atoms with van der Waals surface area (Å²) < 4.78 is 28.5. The Kier molecular flexibility index (Phi) is 5.40. The first-order valence-corrected chi connectivity index (χ1v) is 8.90. The molecule has 2 aliphatic heterocycles. The molecule has 0 aliphatic carbocycles. The number of carbonyl (C=O) groups is 1. The lowest BCUT2D eigenvalue weighted by atomic mass is 10.0. The number of carboxylic acid groups (broad SMARTS) is 1. The normalized spacial score (nSPS) is 26.5. The van der Waals surface area contributed by atoms with Crippen molar-refractivity contribution in [3.8, 4) is 0 Å². The minimum absolute atomic E-state index is 0.0384. The fraction of sp³-hybridized carbons (Fsp3) is 0.923. The Balaban J connectivity index is 2.07. The number of hydrogen-bond acceptors (Lipinski definition) is 3. The third-order valence-electron chi connectivity index (χ3n) is 4.20. The van der Waals surface area contributed by atoms with Crippen molar-refractivity contribution in [1.82, 2.24) is 8.61 Å². The number of hydrogen-bond donors (Lipinski definition) is 1. The van der Waals surface area contributed by atoms with E-state index >= 15 is 0 Å². The van der Waals surface area contributed by atoms with E-state index in [4.69, 9.17) is 5.11 Å². The molecule has 0 saturated carbocycles. The zero-order chi connectivity index (χ0) is 14.6. The second kappa shape index (κ2) is 6.87. The average Bonchev–Trinajstić information content (AvgIpc) is 2.46. The summed E-state index contributed by atoms with van der Waals surface area (Å²) in [5, 5.41) is 8.80. The molecule has 0 aromatic rings. The van der Waals surface area contributed by atoms with Gasteiger partial charge in [0.1, 0.15) is 0 Å². The number of carboxylic acids is 1. The van der Waals surface area contributed by atoms with Crippen LogP contribution in [0.25, 0.3) is 0 Å². The fourth-order valence-corrected chi connectivity index (χ4v) is 5.06. The highest BCUT2D eigenvalue weighted by molar-refractivity contribution is 7.86. The predicted molar refractivity (Wildman–Crippen MR) is 75.6 cm³/mol. The van der Waals surface area contributed by atoms with Crippen LogP contribution in [-0.4, -0.2) is 53.8 Å². The molecule has 1 unspecified atom stereocenters. The van der Waals surface area contributed by atoms with Crippen LogP contribution >= 0.6 is 0 Å². The molecule has 0 spiro atoms. The molecule has 0 aromatic carbocycles. The lowest BCUT2D eigenvalue weighted by Gasteiger charge is -2.39. The number of rotatable bonds is 5. The van der Waals surface area contributed by atoms with Gasteiger partial charge in [-0.05, 0) is 32.1 Å². The van der Waals surface area contributed by atoms with Crippen molar-refractivity contribution < 1.29 is 18.3 Å². The lowest BCUT2D eigenvalue weighted by molar-refractivity contribution is -0.137. The zero-order valence-electron chi connectivity index (χ0n) is 11.8. The molecule has 2 saturated heterocycles. The Bertz CT molecular complexity index is 432. The first-order valence-electron chi connectivity index (χ1n) is 7.50. The number of piperidine rings is 2. The Morgan fingerprint density at radius 2 is 1.70 bits per heavy atom. The van der Waals surface area contributed by atoms with Gasteiger partial charge in [-0.1, -0.05) is 12.8 Å². The SMILES string of the molecule is O=C(O)CCC1CCCCN1S(=O)(=O)N1CCCCC1. The molecule has 6 nitrogen and oxygen atoms in total. The van der Waals surface area contributed by atoms with Gasteiger partial charge in [-0.25, -0.2) is 0 Å². The van der Waals surface area contributed by atoms with Crippen molar-refractivity contribution in [2.75, 3.05) is 19.6 Å². The first-order chi connectivity index (χ1) is 9.51. The van der Waals surface area contributed by atoms with Crippen molar-refractivity contribution in [2.24, 2.45) is 0 Å². The summed E-state index contributed by atoms with van der Waals surface area (Å²) in [5.74, 6) is -0.856. The Hall–Kier alpha value is -0.660. The van der Waals surface area contributed by atoms with Gasteiger partial charge in [-0.15, -0.1) is 0 Å². The molecule has 1 N–H and O–H groups in total. The smallest absolute Gasteiger partial charge is 0.303 e. The van der Waals surface area contributed by atoms with Crippen LogP contribution in [0.2, 0.25) is 0 Å². The van der Waals surface area contributed by atoms with Gasteiger partial charge < -0.3 is 5.11 Å². The van der Waals surface area contributed by atoms with Crippen molar-refractivity contribution in [1.29, 1.82) is 0 Å². The van der Waals surface area contributed by atoms with Crippen LogP contribution in [0.15, 0.2) is 0 Å². The maximum absolute atomic E-state index is 12.7. The zero-order valence-corrected chi connectivity index (χ0v) is 12.6. The van der Waals surface area contributed by atoms with Gasteiger partial charge in [0.25, 0.3) is 10.2 Å². The summed E-state index contributed by atoms with van der Waals surface area (Å²) in [6, 6.07) is -0.147. The lowest BCUT2D eigenvalue weighted by Crippen LogP contribution is -2.51. The Morgan fingerprint density at radius 3 is 2.35 bits per heavy atom. The summed E-state index contributed by atoms with van der Waals surface area (Å²) in [6.45, 7) is 1.73. The van der Waals surface area contributed by atoms with Crippen LogP contribution in [0, 0.1) is 0 Å². The highest BCUT2D eigenvalue weighted by atomic mass is 32.2. The molecule has 116 valence electrons. The van der Waals surface area contributed by atoms with Gasteiger partial charge in [0.2, 0.25) is 0 Å². The summed E-state index contributed by atoms with van der Waals surface area (Å²) >= 11 is 0. The van der Waals surface area contributed by atoms with Gasteiger partial charge >= 0.3 is 5.97 Å². The average molecular weight is 304 g/mol. The maximum Gasteiger partial charge on any atom is 0.303 e. The second-order valence-electron chi connectivity index (χ2n) is 5.66. The Labute approximate surface area is 120 Å². The van der Waals surface area contributed by atoms with E-state index in [1.165, 1.54) is 0 Å². The molecule has 2 fully saturated rings. The van der Waals surface area contributed by atoms with Gasteiger partial charge in [-0.3, -0.25) is 4.79 Å². The molecule has 2 aliphatic rings. The van der Waals surface area contributed by atoms with Crippen LogP contribution in [0.5, 0.6) is 0 Å². The molecule has 1 atom stereocenters. The van der Waals surface area contributed by atoms with Crippen molar-refractivity contribution in [3.63, 3.8) is 0 Å². The summed E-state index contributed by atoms with van der Waals surface area (Å²) in [7, 11) is -3.41. The van der Waals surface area contributed by atoms with Gasteiger partial charge in [0, 0.05) is 32.1 Å². The van der Waals surface area contributed by atoms with E-state index in [2.05, 4.69) is 0 Å². The van der Waals surface area contributed by atoms with Crippen molar-refractivity contribution >= 4 is 16.2 Å². The number of aliphatic carboxylic acids is 1. The van der Waals surface area contributed by atoms with Crippen molar-refractivity contribution in [2.45, 2.75) is 57.4 Å². The minimum Gasteiger partial charge on any atom is -0.481 e. The van der Waals surface area contributed by atoms with Crippen LogP contribution in [0.4, 0.5) is 0 Å². The second-order valence-corrected chi connectivity index (χ2v) is 7.54. The number of nitrogens with zero attached hydrogens (tertiary/aromatic N) is 2. The maximum atomic E-state index is 12.7. The van der Waals surface area contributed by atoms with E-state index in [1.54, 1.807) is 8.61 Å². The quantitative estimate of drug-likeness (QED) is 0.833. The molecule has 2 heterocycles. The van der Waals surface area contributed by atoms with E-state index in [1.807, 2.05) is 0 Å². The molecule has 0 bridgehead atoms. The highest BCUT2D eigenvalue weighted by Crippen LogP contribution is 2.27. The topological polar surface area (TPSA) is 77.9 Å². The molecule has 20 heavy (non-hydrogen) atoms. The van der Waals surface area contributed by atoms with E-state index in [-0.39, 0.29) is 12.5 Å². The summed E-state index contributed by atoms with van der Waals surface area (Å²) in [6.07, 6.45) is 6.03. The monoisotopic (exact) mass is 304 g/mol. The molecular weight excluding hydrogens is 280 g/mol. The van der Waals surface area contributed by atoms with Crippen LogP contribution in [0.1, 0.15) is 51.4 Å². The molecule has 0 amide bonds. The predicted octanol–water partition coefficient (Wildman–Crippen LogP) is 1.44. The highest BCUT2D eigenvalue weighted by Gasteiger charge is 2.36. The standard InChI is InChI=1S/C13H24N2O4S/c16-13(17)8-7-12-6-2-5-11-15(12)20(18,19)14-9-3-1-4-10-14/h12H,1-11H2,(H,16,17). The van der Waals surface area contributed by atoms with E-state index < -0.39 is 16.2 Å². The fourth-order valence-electron chi connectivity index (χ4n) is 3.10. The Morgan fingerprint density at radius 1 is 1.05 bits per heavy atom. The summed E-state index contributed by atoms with van der Waals surface area (Å²) in [5.41, 5.74) is 0. The van der Waals surface area contributed by atoms with Crippen molar-refractivity contribution in [3.05, 3.63) is 0 Å². The molecule has 0 radical (unpaired) electrons. The molecule has 0 aromatic heterocycles. The van der Waals surface area contributed by atoms with Gasteiger partial charge in [0.05, 0.1) is 0 Å². The largest absolute Gasteiger partial charge is 0.481 e. The van der Waals surface area contributed by atoms with Crippen LogP contribution < -0.4 is 0 Å². The van der Waals surface area contributed by atoms with Crippen LogP contribution in [-0.2, 0) is 15.0 Å². The van der Waals surface area contributed by atoms with Crippen LogP contribution in [0.3, 0.4) is 0 Å². The van der Waals surface area contributed by atoms with Gasteiger partial charge in [-0.2, -0.15) is 17.0 Å². The third kappa shape index (κ3) is 3.71. The molecule has 7 heteroatoms. The van der Waals surface area contributed by atoms with E-state index in [0.29, 0.717) is 26.1 Å². The van der Waals surface area contributed by atoms with Gasteiger partial charge in [0.15, 0.2) is 0 Å². The molecular formula is C13H24N2O4S. The van der Waals surface area contributed by atoms with E-state index in [9.17, 15) is 13.2 Å². The van der Waals surface area contributed by atoms with E-state index in [0.717, 1.165) is 38.5 Å². The first kappa shape index (κ1) is 15.7. The third-order valence-corrected chi connectivity index (χ3v) is 6.29. The minimum atomic E-state index is -3.41. The molecule has 2 rings (SSSR count).